The van der Waals surface area contributed by atoms with Gasteiger partial charge in [-0.2, -0.15) is 9.59 Å². The molecule has 0 amide bonds. The molecule has 84 valence electrons. The quantitative estimate of drug-likeness (QED) is 0.665. The van der Waals surface area contributed by atoms with Crippen molar-refractivity contribution < 1.29 is 19.2 Å². The molecule has 0 aromatic rings. The fraction of sp³-hybridized carbons (Fsp3) is 0.727. The van der Waals surface area contributed by atoms with Gasteiger partial charge in [-0.15, -0.1) is 0 Å². The molecule has 1 unspecified atom stereocenters. The van der Waals surface area contributed by atoms with Crippen LogP contribution in [0.3, 0.4) is 0 Å². The Kier molecular flexibility index (Phi) is 7.38. The average Bonchev–Trinajstić information content (AvgIpc) is 2.18. The highest BCUT2D eigenvalue weighted by atomic mass is 16.2. The van der Waals surface area contributed by atoms with Gasteiger partial charge >= 0.3 is 6.15 Å². The van der Waals surface area contributed by atoms with Crippen LogP contribution in [-0.2, 0) is 19.2 Å². The maximum Gasteiger partial charge on any atom is 0.373 e. The van der Waals surface area contributed by atoms with Crippen molar-refractivity contribution in [1.29, 1.82) is 0 Å². The number of ketones is 2. The van der Waals surface area contributed by atoms with E-state index in [1.807, 2.05) is 0 Å². The summed E-state index contributed by atoms with van der Waals surface area (Å²) in [6.07, 6.45) is 5.12. The first-order valence-corrected chi connectivity index (χ1v) is 5.19. The second-order valence-corrected chi connectivity index (χ2v) is 3.64. The summed E-state index contributed by atoms with van der Waals surface area (Å²) in [5, 5.41) is 0. The third-order valence-electron chi connectivity index (χ3n) is 2.50. The third-order valence-corrected chi connectivity index (χ3v) is 2.50. The molecule has 1 aliphatic carbocycles. The maximum absolute atomic E-state index is 11.3. The summed E-state index contributed by atoms with van der Waals surface area (Å²) in [7, 11) is 0. The van der Waals surface area contributed by atoms with E-state index in [1.54, 1.807) is 0 Å². The molecule has 1 rings (SSSR count). The van der Waals surface area contributed by atoms with Gasteiger partial charge in [0.2, 0.25) is 0 Å². The van der Waals surface area contributed by atoms with E-state index >= 15 is 0 Å². The van der Waals surface area contributed by atoms with E-state index < -0.39 is 0 Å². The summed E-state index contributed by atoms with van der Waals surface area (Å²) in [6.45, 7) is 2.12. The van der Waals surface area contributed by atoms with Crippen LogP contribution in [0.5, 0.6) is 0 Å². The molecule has 4 nitrogen and oxygen atoms in total. The SMILES string of the molecule is CCCCC1CCC(=O)CC1=O.O=C=O. The molecule has 15 heavy (non-hydrogen) atoms. The second-order valence-electron chi connectivity index (χ2n) is 3.64. The Balaban J connectivity index is 0.000000583. The molecule has 1 aliphatic rings. The van der Waals surface area contributed by atoms with Gasteiger partial charge in [-0.25, -0.2) is 0 Å². The lowest BCUT2D eigenvalue weighted by Crippen LogP contribution is -2.24. The highest BCUT2D eigenvalue weighted by molar-refractivity contribution is 6.02. The highest BCUT2D eigenvalue weighted by Gasteiger charge is 2.25. The molecule has 1 fully saturated rings. The Morgan fingerprint density at radius 3 is 2.40 bits per heavy atom. The zero-order valence-corrected chi connectivity index (χ0v) is 8.95. The van der Waals surface area contributed by atoms with Crippen LogP contribution in [0, 0.1) is 5.92 Å². The normalized spacial score (nSPS) is 20.2. The van der Waals surface area contributed by atoms with Crippen molar-refractivity contribution in [3.05, 3.63) is 0 Å². The summed E-state index contributed by atoms with van der Waals surface area (Å²) < 4.78 is 0. The molecule has 1 saturated carbocycles. The number of hydrogen-bond donors (Lipinski definition) is 0. The van der Waals surface area contributed by atoms with Gasteiger partial charge in [-0.3, -0.25) is 9.59 Å². The number of hydrogen-bond acceptors (Lipinski definition) is 4. The highest BCUT2D eigenvalue weighted by Crippen LogP contribution is 2.22. The first-order chi connectivity index (χ1) is 7.15. The monoisotopic (exact) mass is 212 g/mol. The molecule has 0 aromatic heterocycles. The topological polar surface area (TPSA) is 68.3 Å². The van der Waals surface area contributed by atoms with Crippen molar-refractivity contribution in [2.75, 3.05) is 0 Å². The zero-order valence-electron chi connectivity index (χ0n) is 8.95. The Labute approximate surface area is 89.0 Å². The summed E-state index contributed by atoms with van der Waals surface area (Å²) in [4.78, 5) is 38.4. The lowest BCUT2D eigenvalue weighted by molar-refractivity contribution is -0.191. The van der Waals surface area contributed by atoms with E-state index in [-0.39, 0.29) is 30.1 Å². The molecule has 0 bridgehead atoms. The number of carbonyl (C=O) groups excluding carboxylic acids is 4. The van der Waals surface area contributed by atoms with E-state index in [0.29, 0.717) is 6.42 Å². The van der Waals surface area contributed by atoms with Gasteiger partial charge < -0.3 is 0 Å². The molecule has 1 atom stereocenters. The molecule has 0 aromatic carbocycles. The van der Waals surface area contributed by atoms with Crippen LogP contribution < -0.4 is 0 Å². The standard InChI is InChI=1S/C10H16O2.CO2/c1-2-3-4-8-5-6-9(11)7-10(8)12;2-1-3/h8H,2-7H2,1H3;. The molecule has 0 saturated heterocycles. The van der Waals surface area contributed by atoms with Crippen LogP contribution in [0.25, 0.3) is 0 Å². The second kappa shape index (κ2) is 8.06. The van der Waals surface area contributed by atoms with Gasteiger partial charge in [0.05, 0.1) is 6.42 Å². The number of carbonyl (C=O) groups is 2. The minimum absolute atomic E-state index is 0.132. The Morgan fingerprint density at radius 1 is 1.33 bits per heavy atom. The first kappa shape index (κ1) is 13.7. The molecule has 0 heterocycles. The minimum atomic E-state index is 0.132. The zero-order chi connectivity index (χ0) is 11.7. The molecule has 0 N–H and O–H groups in total. The first-order valence-electron chi connectivity index (χ1n) is 5.19. The molecule has 0 aliphatic heterocycles. The van der Waals surface area contributed by atoms with E-state index in [0.717, 1.165) is 25.7 Å². The predicted octanol–water partition coefficient (Wildman–Crippen LogP) is 1.53. The van der Waals surface area contributed by atoms with Gasteiger partial charge in [0.25, 0.3) is 0 Å². The Bertz CT molecular complexity index is 251. The summed E-state index contributed by atoms with van der Waals surface area (Å²) in [5.41, 5.74) is 0. The lowest BCUT2D eigenvalue weighted by Gasteiger charge is -2.18. The van der Waals surface area contributed by atoms with Crippen LogP contribution in [0.4, 0.5) is 0 Å². The fourth-order valence-electron chi connectivity index (χ4n) is 1.68. The number of unbranched alkanes of at least 4 members (excludes halogenated alkanes) is 1. The van der Waals surface area contributed by atoms with E-state index in [4.69, 9.17) is 9.59 Å². The number of Topliss-reactive ketones (excluding diaryl/α,β-unsaturated/α-hetero) is 2. The fourth-order valence-corrected chi connectivity index (χ4v) is 1.68. The maximum atomic E-state index is 11.3. The van der Waals surface area contributed by atoms with Crippen molar-refractivity contribution in [1.82, 2.24) is 0 Å². The van der Waals surface area contributed by atoms with E-state index in [2.05, 4.69) is 6.92 Å². The Hall–Kier alpha value is -1.28. The van der Waals surface area contributed by atoms with Crippen molar-refractivity contribution in [3.8, 4) is 0 Å². The van der Waals surface area contributed by atoms with Gasteiger partial charge in [0.1, 0.15) is 11.6 Å². The minimum Gasteiger partial charge on any atom is -0.299 e. The molecular weight excluding hydrogens is 196 g/mol. The number of rotatable bonds is 3. The molecule has 4 heteroatoms. The molecular formula is C11H16O4. The third kappa shape index (κ3) is 5.92. The Morgan fingerprint density at radius 2 is 1.93 bits per heavy atom. The van der Waals surface area contributed by atoms with E-state index in [9.17, 15) is 9.59 Å². The van der Waals surface area contributed by atoms with Gasteiger partial charge in [0, 0.05) is 12.3 Å². The predicted molar refractivity (Wildman–Crippen MR) is 51.9 cm³/mol. The van der Waals surface area contributed by atoms with Crippen LogP contribution in [-0.4, -0.2) is 17.7 Å². The summed E-state index contributed by atoms with van der Waals surface area (Å²) in [6, 6.07) is 0. The smallest absolute Gasteiger partial charge is 0.299 e. The van der Waals surface area contributed by atoms with E-state index in [1.165, 1.54) is 0 Å². The van der Waals surface area contributed by atoms with Crippen LogP contribution in [0.2, 0.25) is 0 Å². The van der Waals surface area contributed by atoms with Gasteiger partial charge in [-0.1, -0.05) is 19.8 Å². The van der Waals surface area contributed by atoms with Gasteiger partial charge in [-0.05, 0) is 12.8 Å². The van der Waals surface area contributed by atoms with Crippen LogP contribution >= 0.6 is 0 Å². The van der Waals surface area contributed by atoms with Gasteiger partial charge in [0.15, 0.2) is 0 Å². The van der Waals surface area contributed by atoms with Crippen molar-refractivity contribution in [2.24, 2.45) is 5.92 Å². The molecule has 0 spiro atoms. The molecule has 0 radical (unpaired) electrons. The summed E-state index contributed by atoms with van der Waals surface area (Å²) in [5.74, 6) is 0.509. The van der Waals surface area contributed by atoms with Crippen LogP contribution in [0.1, 0.15) is 45.4 Å². The van der Waals surface area contributed by atoms with Crippen molar-refractivity contribution in [3.63, 3.8) is 0 Å². The van der Waals surface area contributed by atoms with Crippen molar-refractivity contribution >= 4 is 17.7 Å². The van der Waals surface area contributed by atoms with Crippen LogP contribution in [0.15, 0.2) is 0 Å². The van der Waals surface area contributed by atoms with Crippen molar-refractivity contribution in [2.45, 2.75) is 45.4 Å². The lowest BCUT2D eigenvalue weighted by atomic mass is 9.84. The largest absolute Gasteiger partial charge is 0.373 e. The summed E-state index contributed by atoms with van der Waals surface area (Å²) >= 11 is 0. The average molecular weight is 212 g/mol.